The summed E-state index contributed by atoms with van der Waals surface area (Å²) in [5, 5.41) is 0.868. The van der Waals surface area contributed by atoms with Gasteiger partial charge in [0.1, 0.15) is 0 Å². The van der Waals surface area contributed by atoms with Crippen molar-refractivity contribution in [2.75, 3.05) is 25.4 Å². The lowest BCUT2D eigenvalue weighted by Gasteiger charge is -2.07. The second-order valence-electron chi connectivity index (χ2n) is 4.74. The van der Waals surface area contributed by atoms with Crippen molar-refractivity contribution in [1.82, 2.24) is 9.88 Å². The third kappa shape index (κ3) is 5.40. The molecule has 5 nitrogen and oxygen atoms in total. The summed E-state index contributed by atoms with van der Waals surface area (Å²) >= 11 is 7.10. The van der Waals surface area contributed by atoms with Crippen molar-refractivity contribution >= 4 is 50.5 Å². The Morgan fingerprint density at radius 1 is 1.27 bits per heavy atom. The maximum Gasteiger partial charge on any atom is 0.263 e. The fourth-order valence-electron chi connectivity index (χ4n) is 1.59. The summed E-state index contributed by atoms with van der Waals surface area (Å²) < 4.78 is 26.9. The van der Waals surface area contributed by atoms with E-state index in [9.17, 15) is 8.42 Å². The zero-order valence-corrected chi connectivity index (χ0v) is 15.3. The van der Waals surface area contributed by atoms with Crippen LogP contribution < -0.4 is 4.72 Å². The third-order valence-corrected chi connectivity index (χ3v) is 5.41. The monoisotopic (exact) mass is 381 g/mol. The first-order chi connectivity index (χ1) is 9.87. The minimum Gasteiger partial charge on any atom is -0.309 e. The van der Waals surface area contributed by atoms with Crippen LogP contribution >= 0.6 is 35.3 Å². The van der Waals surface area contributed by atoms with Gasteiger partial charge in [-0.3, -0.25) is 4.72 Å². The molecule has 22 heavy (non-hydrogen) atoms. The van der Waals surface area contributed by atoms with Gasteiger partial charge in [-0.05, 0) is 44.8 Å². The highest BCUT2D eigenvalue weighted by molar-refractivity contribution is 7.93. The highest BCUT2D eigenvalue weighted by atomic mass is 35.5. The standard InChI is InChI=1S/C13H16ClN3O2S2.ClH/c1-17(2)8-7-11-9-15-13(20-11)16-21(18,19)12-5-3-10(14)4-6-12;/h3-6,9H,7-8H2,1-2H3,(H,15,16);1H. The average Bonchev–Trinajstić information content (AvgIpc) is 2.84. The Morgan fingerprint density at radius 3 is 2.50 bits per heavy atom. The lowest BCUT2D eigenvalue weighted by molar-refractivity contribution is 0.415. The van der Waals surface area contributed by atoms with Crippen LogP contribution in [0.3, 0.4) is 0 Å². The number of hydrogen-bond acceptors (Lipinski definition) is 5. The van der Waals surface area contributed by atoms with Crippen LogP contribution in [0.4, 0.5) is 5.13 Å². The zero-order valence-electron chi connectivity index (χ0n) is 12.1. The minimum atomic E-state index is -3.62. The smallest absolute Gasteiger partial charge is 0.263 e. The number of thiazole rings is 1. The van der Waals surface area contributed by atoms with E-state index in [4.69, 9.17) is 11.6 Å². The van der Waals surface area contributed by atoms with E-state index in [1.54, 1.807) is 18.3 Å². The molecule has 1 N–H and O–H groups in total. The van der Waals surface area contributed by atoms with Gasteiger partial charge in [0.15, 0.2) is 5.13 Å². The number of hydrogen-bond donors (Lipinski definition) is 1. The van der Waals surface area contributed by atoms with Gasteiger partial charge < -0.3 is 4.90 Å². The molecule has 0 atom stereocenters. The molecule has 0 spiro atoms. The quantitative estimate of drug-likeness (QED) is 0.834. The number of halogens is 2. The minimum absolute atomic E-state index is 0. The molecule has 1 aromatic carbocycles. The first kappa shape index (κ1) is 19.2. The lowest BCUT2D eigenvalue weighted by atomic mass is 10.4. The van der Waals surface area contributed by atoms with Gasteiger partial charge in [0.2, 0.25) is 0 Å². The highest BCUT2D eigenvalue weighted by Gasteiger charge is 2.16. The van der Waals surface area contributed by atoms with Crippen molar-refractivity contribution < 1.29 is 8.42 Å². The van der Waals surface area contributed by atoms with Gasteiger partial charge in [-0.15, -0.1) is 23.7 Å². The third-order valence-electron chi connectivity index (χ3n) is 2.70. The first-order valence-corrected chi connectivity index (χ1v) is 8.92. The molecular formula is C13H17Cl2N3O2S2. The molecule has 0 aliphatic heterocycles. The van der Waals surface area contributed by atoms with Crippen molar-refractivity contribution in [1.29, 1.82) is 0 Å². The van der Waals surface area contributed by atoms with Crippen molar-refractivity contribution in [3.05, 3.63) is 40.4 Å². The van der Waals surface area contributed by atoms with E-state index in [1.807, 2.05) is 14.1 Å². The van der Waals surface area contributed by atoms with Crippen molar-refractivity contribution in [3.63, 3.8) is 0 Å². The number of nitrogens with one attached hydrogen (secondary N) is 1. The number of aromatic nitrogens is 1. The molecule has 0 bridgehead atoms. The number of sulfonamides is 1. The van der Waals surface area contributed by atoms with Crippen molar-refractivity contribution in [2.24, 2.45) is 0 Å². The summed E-state index contributed by atoms with van der Waals surface area (Å²) in [6.45, 7) is 0.894. The normalized spacial score (nSPS) is 11.3. The average molecular weight is 382 g/mol. The molecule has 0 fully saturated rings. The van der Waals surface area contributed by atoms with Crippen molar-refractivity contribution in [2.45, 2.75) is 11.3 Å². The van der Waals surface area contributed by atoms with Gasteiger partial charge in [-0.1, -0.05) is 11.6 Å². The van der Waals surface area contributed by atoms with Gasteiger partial charge in [-0.2, -0.15) is 0 Å². The Labute approximate surface area is 145 Å². The van der Waals surface area contributed by atoms with E-state index in [-0.39, 0.29) is 17.3 Å². The summed E-state index contributed by atoms with van der Waals surface area (Å²) in [5.41, 5.74) is 0. The van der Waals surface area contributed by atoms with Gasteiger partial charge in [0.05, 0.1) is 4.90 Å². The van der Waals surface area contributed by atoms with Crippen LogP contribution in [-0.2, 0) is 16.4 Å². The van der Waals surface area contributed by atoms with E-state index in [1.165, 1.54) is 23.5 Å². The molecule has 0 unspecified atom stereocenters. The Bertz CT molecular complexity index is 700. The second kappa shape index (κ2) is 8.12. The van der Waals surface area contributed by atoms with Crippen molar-refractivity contribution in [3.8, 4) is 0 Å². The van der Waals surface area contributed by atoms with Crippen LogP contribution in [0.25, 0.3) is 0 Å². The predicted octanol–water partition coefficient (Wildman–Crippen LogP) is 3.12. The number of benzene rings is 1. The maximum absolute atomic E-state index is 12.2. The summed E-state index contributed by atoms with van der Waals surface area (Å²) in [4.78, 5) is 7.38. The van der Waals surface area contributed by atoms with Crippen LogP contribution in [0.2, 0.25) is 5.02 Å². The Balaban J connectivity index is 0.00000242. The molecular weight excluding hydrogens is 365 g/mol. The summed E-state index contributed by atoms with van der Waals surface area (Å²) in [7, 11) is 0.363. The van der Waals surface area contributed by atoms with E-state index in [0.717, 1.165) is 17.8 Å². The molecule has 2 aromatic rings. The van der Waals surface area contributed by atoms with Crippen LogP contribution in [0.1, 0.15) is 4.88 Å². The molecule has 1 aromatic heterocycles. The van der Waals surface area contributed by atoms with Gasteiger partial charge in [-0.25, -0.2) is 13.4 Å². The predicted molar refractivity (Wildman–Crippen MR) is 93.9 cm³/mol. The Kier molecular flexibility index (Phi) is 7.08. The van der Waals surface area contributed by atoms with E-state index in [2.05, 4.69) is 14.6 Å². The molecule has 9 heteroatoms. The molecule has 0 aliphatic carbocycles. The lowest BCUT2D eigenvalue weighted by Crippen LogP contribution is -2.14. The van der Waals surface area contributed by atoms with E-state index in [0.29, 0.717) is 10.2 Å². The number of anilines is 1. The Morgan fingerprint density at radius 2 is 1.91 bits per heavy atom. The topological polar surface area (TPSA) is 62.3 Å². The molecule has 0 saturated carbocycles. The summed E-state index contributed by atoms with van der Waals surface area (Å²) in [5.74, 6) is 0. The second-order valence-corrected chi connectivity index (χ2v) is 7.98. The van der Waals surface area contributed by atoms with E-state index >= 15 is 0 Å². The maximum atomic E-state index is 12.2. The summed E-state index contributed by atoms with van der Waals surface area (Å²) in [6.07, 6.45) is 2.54. The molecule has 2 rings (SSSR count). The van der Waals surface area contributed by atoms with Crippen LogP contribution in [0.15, 0.2) is 35.4 Å². The summed E-state index contributed by atoms with van der Waals surface area (Å²) in [6, 6.07) is 6.01. The molecule has 1 heterocycles. The van der Waals surface area contributed by atoms with Gasteiger partial charge in [0, 0.05) is 22.6 Å². The van der Waals surface area contributed by atoms with Gasteiger partial charge >= 0.3 is 0 Å². The first-order valence-electron chi connectivity index (χ1n) is 6.24. The fraction of sp³-hybridized carbons (Fsp3) is 0.308. The largest absolute Gasteiger partial charge is 0.309 e. The van der Waals surface area contributed by atoms with Crippen LogP contribution in [0, 0.1) is 0 Å². The number of rotatable bonds is 6. The number of nitrogens with zero attached hydrogens (tertiary/aromatic N) is 2. The molecule has 0 saturated heterocycles. The molecule has 122 valence electrons. The van der Waals surface area contributed by atoms with E-state index < -0.39 is 10.0 Å². The SMILES string of the molecule is CN(C)CCc1cnc(NS(=O)(=O)c2ccc(Cl)cc2)s1.Cl. The van der Waals surface area contributed by atoms with Crippen LogP contribution in [-0.4, -0.2) is 38.9 Å². The molecule has 0 amide bonds. The molecule has 0 radical (unpaired) electrons. The number of likely N-dealkylation sites (N-methyl/N-ethyl adjacent to an activating group) is 1. The molecule has 0 aliphatic rings. The van der Waals surface area contributed by atoms with Crippen LogP contribution in [0.5, 0.6) is 0 Å². The highest BCUT2D eigenvalue weighted by Crippen LogP contribution is 2.23. The Hall–Kier alpha value is -0.860. The fourth-order valence-corrected chi connectivity index (χ4v) is 3.76. The zero-order chi connectivity index (χ0) is 15.5. The van der Waals surface area contributed by atoms with Gasteiger partial charge in [0.25, 0.3) is 10.0 Å².